The van der Waals surface area contributed by atoms with Gasteiger partial charge in [0.05, 0.1) is 7.11 Å². The third-order valence-electron chi connectivity index (χ3n) is 4.36. The molecule has 0 aromatic heterocycles. The molecule has 1 aromatic rings. The summed E-state index contributed by atoms with van der Waals surface area (Å²) in [6.45, 7) is 8.40. The molecule has 0 aliphatic carbocycles. The number of benzene rings is 1. The maximum atomic E-state index is 12.4. The van der Waals surface area contributed by atoms with Gasteiger partial charge in [0.15, 0.2) is 0 Å². The zero-order valence-corrected chi connectivity index (χ0v) is 15.3. The summed E-state index contributed by atoms with van der Waals surface area (Å²) >= 11 is 1.86. The van der Waals surface area contributed by atoms with E-state index in [1.807, 2.05) is 23.9 Å². The fourth-order valence-corrected chi connectivity index (χ4v) is 4.18. The minimum absolute atomic E-state index is 0.138. The Hall–Kier alpha value is -1.20. The first-order valence-corrected chi connectivity index (χ1v) is 9.51. The summed E-state index contributed by atoms with van der Waals surface area (Å²) in [6, 6.07) is 8.10. The molecule has 1 fully saturated rings. The minimum Gasteiger partial charge on any atom is -0.497 e. The molecular weight excluding hydrogens is 308 g/mol. The average Bonchev–Trinajstić information content (AvgIpc) is 2.60. The van der Waals surface area contributed by atoms with E-state index >= 15 is 0 Å². The molecule has 0 saturated carbocycles. The molecule has 4 nitrogen and oxygen atoms in total. The quantitative estimate of drug-likeness (QED) is 0.728. The van der Waals surface area contributed by atoms with E-state index in [0.717, 1.165) is 44.1 Å². The van der Waals surface area contributed by atoms with Crippen LogP contribution in [0.4, 0.5) is 0 Å². The number of hydrogen-bond acceptors (Lipinski definition) is 4. The highest BCUT2D eigenvalue weighted by Crippen LogP contribution is 2.37. The third kappa shape index (κ3) is 4.88. The standard InChI is InChI=1S/C18H28N2O2S/c1-4-19(5-2)12-6-13-20-17(21)11-14-23-18(20)15-7-9-16(22-3)10-8-15/h7-10,18H,4-6,11-14H2,1-3H3. The molecule has 23 heavy (non-hydrogen) atoms. The number of carbonyl (C=O) groups excluding carboxylic acids is 1. The predicted octanol–water partition coefficient (Wildman–Crippen LogP) is 3.39. The van der Waals surface area contributed by atoms with Gasteiger partial charge in [-0.15, -0.1) is 11.8 Å². The SMILES string of the molecule is CCN(CC)CCCN1C(=O)CCSC1c1ccc(OC)cc1. The van der Waals surface area contributed by atoms with Gasteiger partial charge in [-0.3, -0.25) is 4.79 Å². The molecule has 2 rings (SSSR count). The number of carbonyl (C=O) groups is 1. The van der Waals surface area contributed by atoms with E-state index in [9.17, 15) is 4.79 Å². The Morgan fingerprint density at radius 3 is 2.57 bits per heavy atom. The van der Waals surface area contributed by atoms with E-state index in [1.165, 1.54) is 5.56 Å². The van der Waals surface area contributed by atoms with E-state index in [1.54, 1.807) is 7.11 Å². The Kier molecular flexibility index (Phi) is 7.24. The van der Waals surface area contributed by atoms with Crippen LogP contribution >= 0.6 is 11.8 Å². The summed E-state index contributed by atoms with van der Waals surface area (Å²) in [5.41, 5.74) is 1.19. The molecule has 0 N–H and O–H groups in total. The van der Waals surface area contributed by atoms with Crippen molar-refractivity contribution in [3.8, 4) is 5.75 Å². The molecule has 1 aromatic carbocycles. The summed E-state index contributed by atoms with van der Waals surface area (Å²) in [5.74, 6) is 2.04. The molecule has 0 radical (unpaired) electrons. The lowest BCUT2D eigenvalue weighted by Gasteiger charge is -2.36. The van der Waals surface area contributed by atoms with E-state index in [4.69, 9.17) is 4.74 Å². The Morgan fingerprint density at radius 2 is 1.96 bits per heavy atom. The van der Waals surface area contributed by atoms with Crippen molar-refractivity contribution in [3.63, 3.8) is 0 Å². The van der Waals surface area contributed by atoms with Gasteiger partial charge in [-0.05, 0) is 43.8 Å². The Balaban J connectivity index is 2.01. The topological polar surface area (TPSA) is 32.8 Å². The van der Waals surface area contributed by atoms with Gasteiger partial charge in [-0.2, -0.15) is 0 Å². The number of amides is 1. The van der Waals surface area contributed by atoms with Gasteiger partial charge in [-0.1, -0.05) is 26.0 Å². The van der Waals surface area contributed by atoms with Gasteiger partial charge in [0, 0.05) is 18.7 Å². The fourth-order valence-electron chi connectivity index (χ4n) is 2.91. The summed E-state index contributed by atoms with van der Waals surface area (Å²) in [4.78, 5) is 16.9. The van der Waals surface area contributed by atoms with Crippen LogP contribution in [0.3, 0.4) is 0 Å². The molecule has 1 aliphatic heterocycles. The first-order valence-electron chi connectivity index (χ1n) is 8.47. The Morgan fingerprint density at radius 1 is 1.26 bits per heavy atom. The van der Waals surface area contributed by atoms with Crippen molar-refractivity contribution in [1.82, 2.24) is 9.80 Å². The number of nitrogens with zero attached hydrogens (tertiary/aromatic N) is 2. The summed E-state index contributed by atoms with van der Waals surface area (Å²) in [5, 5.41) is 0.138. The van der Waals surface area contributed by atoms with Gasteiger partial charge in [0.1, 0.15) is 11.1 Å². The van der Waals surface area contributed by atoms with Crippen molar-refractivity contribution < 1.29 is 9.53 Å². The monoisotopic (exact) mass is 336 g/mol. The van der Waals surface area contributed by atoms with Crippen molar-refractivity contribution in [3.05, 3.63) is 29.8 Å². The number of thioether (sulfide) groups is 1. The highest BCUT2D eigenvalue weighted by atomic mass is 32.2. The summed E-state index contributed by atoms with van der Waals surface area (Å²) in [6.07, 6.45) is 1.68. The number of ether oxygens (including phenoxy) is 1. The van der Waals surface area contributed by atoms with Crippen LogP contribution in [0.2, 0.25) is 0 Å². The van der Waals surface area contributed by atoms with E-state index < -0.39 is 0 Å². The van der Waals surface area contributed by atoms with E-state index in [2.05, 4.69) is 35.8 Å². The first kappa shape index (κ1) is 18.1. The van der Waals surface area contributed by atoms with Crippen LogP contribution in [0, 0.1) is 0 Å². The second-order valence-electron chi connectivity index (χ2n) is 5.71. The highest BCUT2D eigenvalue weighted by molar-refractivity contribution is 7.99. The van der Waals surface area contributed by atoms with Gasteiger partial charge in [0.25, 0.3) is 0 Å². The molecule has 128 valence electrons. The van der Waals surface area contributed by atoms with Crippen LogP contribution in [0.1, 0.15) is 37.6 Å². The smallest absolute Gasteiger partial charge is 0.224 e. The third-order valence-corrected chi connectivity index (χ3v) is 5.65. The van der Waals surface area contributed by atoms with Crippen molar-refractivity contribution in [2.75, 3.05) is 39.0 Å². The van der Waals surface area contributed by atoms with Crippen LogP contribution < -0.4 is 4.74 Å². The lowest BCUT2D eigenvalue weighted by atomic mass is 10.1. The lowest BCUT2D eigenvalue weighted by Crippen LogP contribution is -2.39. The van der Waals surface area contributed by atoms with Crippen LogP contribution in [0.5, 0.6) is 5.75 Å². The van der Waals surface area contributed by atoms with Crippen LogP contribution in [-0.2, 0) is 4.79 Å². The maximum absolute atomic E-state index is 12.4. The van der Waals surface area contributed by atoms with E-state index in [-0.39, 0.29) is 11.3 Å². The zero-order valence-electron chi connectivity index (χ0n) is 14.5. The summed E-state index contributed by atoms with van der Waals surface area (Å²) in [7, 11) is 1.67. The van der Waals surface area contributed by atoms with Gasteiger partial charge in [-0.25, -0.2) is 0 Å². The molecule has 1 unspecified atom stereocenters. The van der Waals surface area contributed by atoms with E-state index in [0.29, 0.717) is 6.42 Å². The van der Waals surface area contributed by atoms with Crippen molar-refractivity contribution in [2.24, 2.45) is 0 Å². The second kappa shape index (κ2) is 9.18. The minimum atomic E-state index is 0.138. The van der Waals surface area contributed by atoms with Gasteiger partial charge < -0.3 is 14.5 Å². The second-order valence-corrected chi connectivity index (χ2v) is 6.90. The molecule has 1 amide bonds. The van der Waals surface area contributed by atoms with Gasteiger partial charge in [0.2, 0.25) is 5.91 Å². The Bertz CT molecular complexity index is 488. The molecular formula is C18H28N2O2S. The van der Waals surface area contributed by atoms with Gasteiger partial charge >= 0.3 is 0 Å². The highest BCUT2D eigenvalue weighted by Gasteiger charge is 2.29. The normalized spacial score (nSPS) is 18.5. The van der Waals surface area contributed by atoms with Crippen molar-refractivity contribution in [1.29, 1.82) is 0 Å². The lowest BCUT2D eigenvalue weighted by molar-refractivity contribution is -0.132. The molecule has 1 atom stereocenters. The first-order chi connectivity index (χ1) is 11.2. The molecule has 1 heterocycles. The molecule has 5 heteroatoms. The van der Waals surface area contributed by atoms with Crippen LogP contribution in [0.25, 0.3) is 0 Å². The molecule has 0 spiro atoms. The fraction of sp³-hybridized carbons (Fsp3) is 0.611. The largest absolute Gasteiger partial charge is 0.497 e. The number of rotatable bonds is 8. The van der Waals surface area contributed by atoms with Crippen LogP contribution in [0.15, 0.2) is 24.3 Å². The average molecular weight is 337 g/mol. The number of methoxy groups -OCH3 is 1. The van der Waals surface area contributed by atoms with Crippen LogP contribution in [-0.4, -0.2) is 54.7 Å². The molecule has 1 saturated heterocycles. The Labute approximate surface area is 144 Å². The molecule has 1 aliphatic rings. The number of hydrogen-bond donors (Lipinski definition) is 0. The van der Waals surface area contributed by atoms with Crippen molar-refractivity contribution in [2.45, 2.75) is 32.1 Å². The summed E-state index contributed by atoms with van der Waals surface area (Å²) < 4.78 is 5.23. The zero-order chi connectivity index (χ0) is 16.7. The predicted molar refractivity (Wildman–Crippen MR) is 96.9 cm³/mol. The van der Waals surface area contributed by atoms with Crippen molar-refractivity contribution >= 4 is 17.7 Å². The molecule has 0 bridgehead atoms. The maximum Gasteiger partial charge on any atom is 0.224 e.